The van der Waals surface area contributed by atoms with Gasteiger partial charge in [0, 0.05) is 17.1 Å². The number of anilines is 1. The van der Waals surface area contributed by atoms with Crippen LogP contribution < -0.4 is 10.6 Å². The largest absolute Gasteiger partial charge is 0.452 e. The lowest BCUT2D eigenvalue weighted by Gasteiger charge is -2.10. The SMILES string of the molecule is Cc1cccc(NC(=O)NC(=O)COC(=O)/C=C/c2ccc3ccccc3n2)c1C. The molecule has 0 fully saturated rings. The van der Waals surface area contributed by atoms with Crippen molar-refractivity contribution in [1.82, 2.24) is 10.3 Å². The Balaban J connectivity index is 1.47. The number of urea groups is 1. The van der Waals surface area contributed by atoms with E-state index in [2.05, 4.69) is 15.6 Å². The van der Waals surface area contributed by atoms with Gasteiger partial charge in [0.2, 0.25) is 0 Å². The zero-order valence-electron chi connectivity index (χ0n) is 16.6. The molecular weight excluding hydrogens is 382 g/mol. The number of carbonyl (C=O) groups is 3. The number of aryl methyl sites for hydroxylation is 1. The number of hydrogen-bond donors (Lipinski definition) is 2. The molecule has 0 unspecified atom stereocenters. The minimum Gasteiger partial charge on any atom is -0.452 e. The highest BCUT2D eigenvalue weighted by Crippen LogP contribution is 2.17. The number of carbonyl (C=O) groups excluding carboxylic acids is 3. The maximum atomic E-state index is 11.9. The number of ether oxygens (including phenoxy) is 1. The van der Waals surface area contributed by atoms with E-state index in [-0.39, 0.29) is 0 Å². The first-order chi connectivity index (χ1) is 14.4. The molecule has 0 aliphatic heterocycles. The fourth-order valence-corrected chi connectivity index (χ4v) is 2.72. The molecule has 0 bridgehead atoms. The summed E-state index contributed by atoms with van der Waals surface area (Å²) in [6.07, 6.45) is 2.68. The standard InChI is InChI=1S/C23H21N3O4/c1-15-6-5-9-19(16(15)2)25-23(29)26-21(27)14-30-22(28)13-12-18-11-10-17-7-3-4-8-20(17)24-18/h3-13H,14H2,1-2H3,(H2,25,26,27,29)/b13-12+. The number of fused-ring (bicyclic) bond motifs is 1. The van der Waals surface area contributed by atoms with E-state index in [9.17, 15) is 14.4 Å². The van der Waals surface area contributed by atoms with Crippen LogP contribution in [0.3, 0.4) is 0 Å². The molecule has 152 valence electrons. The summed E-state index contributed by atoms with van der Waals surface area (Å²) in [5, 5.41) is 5.71. The van der Waals surface area contributed by atoms with Crippen LogP contribution in [0.4, 0.5) is 10.5 Å². The summed E-state index contributed by atoms with van der Waals surface area (Å²) in [6.45, 7) is 3.21. The summed E-state index contributed by atoms with van der Waals surface area (Å²) in [4.78, 5) is 40.0. The highest BCUT2D eigenvalue weighted by atomic mass is 16.5. The Hall–Kier alpha value is -4.00. The van der Waals surface area contributed by atoms with E-state index in [1.165, 1.54) is 12.2 Å². The zero-order chi connectivity index (χ0) is 21.5. The third kappa shape index (κ3) is 5.51. The van der Waals surface area contributed by atoms with Crippen LogP contribution >= 0.6 is 0 Å². The molecule has 0 saturated carbocycles. The number of amides is 3. The summed E-state index contributed by atoms with van der Waals surface area (Å²) in [7, 11) is 0. The second kappa shape index (κ2) is 9.47. The summed E-state index contributed by atoms with van der Waals surface area (Å²) >= 11 is 0. The Bertz CT molecular complexity index is 1140. The van der Waals surface area contributed by atoms with Crippen LogP contribution in [0.5, 0.6) is 0 Å². The van der Waals surface area contributed by atoms with Crippen molar-refractivity contribution in [1.29, 1.82) is 0 Å². The van der Waals surface area contributed by atoms with Crippen molar-refractivity contribution in [2.45, 2.75) is 13.8 Å². The van der Waals surface area contributed by atoms with Crippen LogP contribution in [0.2, 0.25) is 0 Å². The van der Waals surface area contributed by atoms with E-state index >= 15 is 0 Å². The first-order valence-corrected chi connectivity index (χ1v) is 9.30. The number of esters is 1. The van der Waals surface area contributed by atoms with Gasteiger partial charge >= 0.3 is 12.0 Å². The van der Waals surface area contributed by atoms with Crippen molar-refractivity contribution in [3.05, 3.63) is 77.5 Å². The monoisotopic (exact) mass is 403 g/mol. The minimum absolute atomic E-state index is 0.575. The number of nitrogens with one attached hydrogen (secondary N) is 2. The zero-order valence-corrected chi connectivity index (χ0v) is 16.6. The lowest BCUT2D eigenvalue weighted by atomic mass is 10.1. The highest BCUT2D eigenvalue weighted by molar-refractivity contribution is 6.02. The van der Waals surface area contributed by atoms with E-state index in [1.54, 1.807) is 18.2 Å². The van der Waals surface area contributed by atoms with Crippen LogP contribution in [-0.2, 0) is 14.3 Å². The van der Waals surface area contributed by atoms with Crippen LogP contribution in [-0.4, -0.2) is 29.5 Å². The van der Waals surface area contributed by atoms with Crippen molar-refractivity contribution < 1.29 is 19.1 Å². The summed E-state index contributed by atoms with van der Waals surface area (Å²) in [6, 6.07) is 16.1. The van der Waals surface area contributed by atoms with Gasteiger partial charge < -0.3 is 10.1 Å². The van der Waals surface area contributed by atoms with Crippen molar-refractivity contribution in [2.75, 3.05) is 11.9 Å². The van der Waals surface area contributed by atoms with Gasteiger partial charge in [0.15, 0.2) is 6.61 Å². The van der Waals surface area contributed by atoms with Gasteiger partial charge in [-0.25, -0.2) is 14.6 Å². The van der Waals surface area contributed by atoms with Crippen LogP contribution in [0.1, 0.15) is 16.8 Å². The smallest absolute Gasteiger partial charge is 0.331 e. The normalized spacial score (nSPS) is 10.7. The molecule has 0 radical (unpaired) electrons. The number of hydrogen-bond acceptors (Lipinski definition) is 5. The summed E-state index contributed by atoms with van der Waals surface area (Å²) in [5.41, 5.74) is 3.91. The molecule has 7 heteroatoms. The Morgan fingerprint density at radius 3 is 2.63 bits per heavy atom. The molecule has 2 aromatic carbocycles. The second-order valence-electron chi connectivity index (χ2n) is 6.62. The average molecular weight is 403 g/mol. The van der Waals surface area contributed by atoms with Gasteiger partial charge in [-0.05, 0) is 49.2 Å². The van der Waals surface area contributed by atoms with Gasteiger partial charge in [-0.2, -0.15) is 0 Å². The first-order valence-electron chi connectivity index (χ1n) is 9.30. The van der Waals surface area contributed by atoms with Gasteiger partial charge in [-0.15, -0.1) is 0 Å². The van der Waals surface area contributed by atoms with Gasteiger partial charge in [-0.1, -0.05) is 36.4 Å². The molecule has 3 rings (SSSR count). The number of nitrogens with zero attached hydrogens (tertiary/aromatic N) is 1. The number of imide groups is 1. The fraction of sp³-hybridized carbons (Fsp3) is 0.130. The molecule has 2 N–H and O–H groups in total. The number of rotatable bonds is 5. The Labute approximate surface area is 173 Å². The Kier molecular flexibility index (Phi) is 6.54. The predicted molar refractivity (Wildman–Crippen MR) is 115 cm³/mol. The van der Waals surface area contributed by atoms with E-state index in [0.717, 1.165) is 22.0 Å². The van der Waals surface area contributed by atoms with E-state index < -0.39 is 24.5 Å². The lowest BCUT2D eigenvalue weighted by molar-refractivity contribution is -0.143. The molecule has 0 aliphatic rings. The second-order valence-corrected chi connectivity index (χ2v) is 6.62. The lowest BCUT2D eigenvalue weighted by Crippen LogP contribution is -2.37. The molecule has 0 saturated heterocycles. The molecule has 3 amide bonds. The summed E-state index contributed by atoms with van der Waals surface area (Å²) in [5.74, 6) is -1.45. The molecule has 0 atom stereocenters. The molecular formula is C23H21N3O4. The number of aromatic nitrogens is 1. The van der Waals surface area contributed by atoms with Crippen molar-refractivity contribution in [2.24, 2.45) is 0 Å². The van der Waals surface area contributed by atoms with E-state index in [4.69, 9.17) is 4.74 Å². The highest BCUT2D eigenvalue weighted by Gasteiger charge is 2.11. The molecule has 3 aromatic rings. The molecule has 1 aromatic heterocycles. The molecule has 7 nitrogen and oxygen atoms in total. The van der Waals surface area contributed by atoms with Crippen LogP contribution in [0.25, 0.3) is 17.0 Å². The molecule has 0 aliphatic carbocycles. The van der Waals surface area contributed by atoms with Gasteiger partial charge in [0.05, 0.1) is 11.2 Å². The molecule has 30 heavy (non-hydrogen) atoms. The molecule has 0 spiro atoms. The maximum absolute atomic E-state index is 11.9. The maximum Gasteiger partial charge on any atom is 0.331 e. The Morgan fingerprint density at radius 2 is 1.80 bits per heavy atom. The van der Waals surface area contributed by atoms with Gasteiger partial charge in [0.25, 0.3) is 5.91 Å². The van der Waals surface area contributed by atoms with Crippen molar-refractivity contribution in [3.8, 4) is 0 Å². The Morgan fingerprint density at radius 1 is 1.00 bits per heavy atom. The van der Waals surface area contributed by atoms with Crippen LogP contribution in [0.15, 0.2) is 60.7 Å². The van der Waals surface area contributed by atoms with E-state index in [0.29, 0.717) is 11.4 Å². The van der Waals surface area contributed by atoms with Crippen molar-refractivity contribution in [3.63, 3.8) is 0 Å². The minimum atomic E-state index is -0.733. The van der Waals surface area contributed by atoms with Crippen molar-refractivity contribution >= 4 is 40.6 Å². The summed E-state index contributed by atoms with van der Waals surface area (Å²) < 4.78 is 4.86. The predicted octanol–water partition coefficient (Wildman–Crippen LogP) is 3.76. The number of pyridine rings is 1. The first kappa shape index (κ1) is 20.7. The van der Waals surface area contributed by atoms with E-state index in [1.807, 2.05) is 50.2 Å². The topological polar surface area (TPSA) is 97.4 Å². The average Bonchev–Trinajstić information content (AvgIpc) is 2.74. The van der Waals surface area contributed by atoms with Crippen LogP contribution in [0, 0.1) is 13.8 Å². The number of para-hydroxylation sites is 1. The van der Waals surface area contributed by atoms with Gasteiger partial charge in [0.1, 0.15) is 0 Å². The fourth-order valence-electron chi connectivity index (χ4n) is 2.72. The molecule has 1 heterocycles. The quantitative estimate of drug-likeness (QED) is 0.499. The van der Waals surface area contributed by atoms with Gasteiger partial charge in [-0.3, -0.25) is 10.1 Å². The number of benzene rings is 2. The third-order valence-electron chi connectivity index (χ3n) is 4.46. The third-order valence-corrected chi connectivity index (χ3v) is 4.46.